The van der Waals surface area contributed by atoms with E-state index in [0.717, 1.165) is 0 Å². The minimum absolute atomic E-state index is 0.0252. The molecule has 1 fully saturated rings. The third-order valence-electron chi connectivity index (χ3n) is 1.79. The molecule has 0 saturated carbocycles. The fourth-order valence-electron chi connectivity index (χ4n) is 1.10. The molecule has 4 nitrogen and oxygen atoms in total. The number of thiazole rings is 1. The number of aliphatic hydroxyl groups excluding tert-OH is 1. The van der Waals surface area contributed by atoms with Gasteiger partial charge in [-0.1, -0.05) is 0 Å². The number of hydrogen-bond acceptors (Lipinski definition) is 4. The first-order valence-electron chi connectivity index (χ1n) is 3.63. The van der Waals surface area contributed by atoms with E-state index in [9.17, 15) is 4.79 Å². The van der Waals surface area contributed by atoms with Gasteiger partial charge in [0.25, 0.3) is 5.91 Å². The molecule has 1 aromatic heterocycles. The molecule has 0 spiro atoms. The van der Waals surface area contributed by atoms with Crippen molar-refractivity contribution in [1.29, 1.82) is 0 Å². The average Bonchev–Trinajstić information content (AvgIpc) is 2.49. The molecule has 0 atom stereocenters. The first kappa shape index (κ1) is 7.70. The van der Waals surface area contributed by atoms with Crippen molar-refractivity contribution in [2.45, 2.75) is 6.10 Å². The lowest BCUT2D eigenvalue weighted by molar-refractivity contribution is 0.00621. The summed E-state index contributed by atoms with van der Waals surface area (Å²) < 4.78 is 0. The summed E-state index contributed by atoms with van der Waals surface area (Å²) in [5.74, 6) is -0.0252. The molecule has 64 valence electrons. The normalized spacial score (nSPS) is 17.6. The number of hydrogen-bond donors (Lipinski definition) is 1. The molecule has 2 heterocycles. The molecule has 1 amide bonds. The highest BCUT2D eigenvalue weighted by Gasteiger charge is 2.29. The molecule has 0 bridgehead atoms. The van der Waals surface area contributed by atoms with E-state index in [1.807, 2.05) is 0 Å². The SMILES string of the molecule is O=C(c1cncs1)N1CC(O)C1. The monoisotopic (exact) mass is 184 g/mol. The van der Waals surface area contributed by atoms with Crippen LogP contribution in [0.15, 0.2) is 11.7 Å². The third-order valence-corrected chi connectivity index (χ3v) is 2.55. The summed E-state index contributed by atoms with van der Waals surface area (Å²) in [4.78, 5) is 17.5. The number of β-amino-alcohol motifs (C(OH)–C–C–N with tert-alkyl or cyclic N) is 1. The van der Waals surface area contributed by atoms with Crippen LogP contribution in [0.1, 0.15) is 9.67 Å². The summed E-state index contributed by atoms with van der Waals surface area (Å²) in [6, 6.07) is 0. The summed E-state index contributed by atoms with van der Waals surface area (Å²) in [6.07, 6.45) is 1.22. The predicted octanol–water partition coefficient (Wildman–Crippen LogP) is -0.0402. The fourth-order valence-corrected chi connectivity index (χ4v) is 1.69. The Balaban J connectivity index is 2.03. The summed E-state index contributed by atoms with van der Waals surface area (Å²) in [6.45, 7) is 0.910. The number of carbonyl (C=O) groups is 1. The first-order chi connectivity index (χ1) is 5.77. The van der Waals surface area contributed by atoms with Crippen LogP contribution in [0, 0.1) is 0 Å². The van der Waals surface area contributed by atoms with Gasteiger partial charge in [-0.2, -0.15) is 0 Å². The van der Waals surface area contributed by atoms with Gasteiger partial charge in [-0.15, -0.1) is 11.3 Å². The molecule has 0 radical (unpaired) electrons. The van der Waals surface area contributed by atoms with Crippen LogP contribution in [0.5, 0.6) is 0 Å². The molecule has 0 aliphatic carbocycles. The number of nitrogens with zero attached hydrogens (tertiary/aromatic N) is 2. The highest BCUT2D eigenvalue weighted by atomic mass is 32.1. The molecule has 1 N–H and O–H groups in total. The second kappa shape index (κ2) is 2.84. The van der Waals surface area contributed by atoms with Gasteiger partial charge in [0.15, 0.2) is 0 Å². The zero-order valence-electron chi connectivity index (χ0n) is 6.30. The third kappa shape index (κ3) is 1.21. The number of aromatic nitrogens is 1. The van der Waals surface area contributed by atoms with Crippen LogP contribution < -0.4 is 0 Å². The van der Waals surface area contributed by atoms with Crippen molar-refractivity contribution < 1.29 is 9.90 Å². The molecule has 5 heteroatoms. The number of aliphatic hydroxyl groups is 1. The second-order valence-corrected chi connectivity index (χ2v) is 3.62. The molecule has 0 aromatic carbocycles. The molecule has 1 aliphatic rings. The second-order valence-electron chi connectivity index (χ2n) is 2.73. The van der Waals surface area contributed by atoms with E-state index in [1.165, 1.54) is 11.3 Å². The summed E-state index contributed by atoms with van der Waals surface area (Å²) in [7, 11) is 0. The summed E-state index contributed by atoms with van der Waals surface area (Å²) in [5, 5.41) is 8.96. The lowest BCUT2D eigenvalue weighted by atomic mass is 10.1. The van der Waals surface area contributed by atoms with Crippen molar-refractivity contribution in [3.05, 3.63) is 16.6 Å². The van der Waals surface area contributed by atoms with E-state index in [-0.39, 0.29) is 12.0 Å². The smallest absolute Gasteiger partial charge is 0.265 e. The molecule has 1 aromatic rings. The van der Waals surface area contributed by atoms with Gasteiger partial charge in [-0.25, -0.2) is 0 Å². The van der Waals surface area contributed by atoms with Gasteiger partial charge in [0.2, 0.25) is 0 Å². The highest BCUT2D eigenvalue weighted by Crippen LogP contribution is 2.15. The van der Waals surface area contributed by atoms with E-state index < -0.39 is 0 Å². The van der Waals surface area contributed by atoms with E-state index >= 15 is 0 Å². The van der Waals surface area contributed by atoms with Crippen molar-refractivity contribution >= 4 is 17.2 Å². The fraction of sp³-hybridized carbons (Fsp3) is 0.429. The molecule has 1 aliphatic heterocycles. The maximum absolute atomic E-state index is 11.4. The lowest BCUT2D eigenvalue weighted by Gasteiger charge is -2.35. The van der Waals surface area contributed by atoms with E-state index in [0.29, 0.717) is 18.0 Å². The van der Waals surface area contributed by atoms with Gasteiger partial charge >= 0.3 is 0 Å². The predicted molar refractivity (Wildman–Crippen MR) is 44.0 cm³/mol. The zero-order valence-corrected chi connectivity index (χ0v) is 7.12. The average molecular weight is 184 g/mol. The number of likely N-dealkylation sites (tertiary alicyclic amines) is 1. The first-order valence-corrected chi connectivity index (χ1v) is 4.51. The Hall–Kier alpha value is -0.940. The van der Waals surface area contributed by atoms with Crippen molar-refractivity contribution in [2.24, 2.45) is 0 Å². The largest absolute Gasteiger partial charge is 0.389 e. The van der Waals surface area contributed by atoms with Crippen molar-refractivity contribution in [3.63, 3.8) is 0 Å². The van der Waals surface area contributed by atoms with E-state index in [4.69, 9.17) is 5.11 Å². The van der Waals surface area contributed by atoms with Gasteiger partial charge in [0.05, 0.1) is 17.8 Å². The number of rotatable bonds is 1. The van der Waals surface area contributed by atoms with Gasteiger partial charge in [0.1, 0.15) is 4.88 Å². The van der Waals surface area contributed by atoms with E-state index in [1.54, 1.807) is 16.6 Å². The Labute approximate surface area is 73.5 Å². The topological polar surface area (TPSA) is 53.4 Å². The van der Waals surface area contributed by atoms with Crippen molar-refractivity contribution in [3.8, 4) is 0 Å². The van der Waals surface area contributed by atoms with Gasteiger partial charge in [-0.05, 0) is 0 Å². The standard InChI is InChI=1S/C7H8N2O2S/c10-5-2-9(3-5)7(11)6-1-8-4-12-6/h1,4-5,10H,2-3H2. The van der Waals surface area contributed by atoms with E-state index in [2.05, 4.69) is 4.98 Å². The highest BCUT2D eigenvalue weighted by molar-refractivity contribution is 7.11. The molecular formula is C7H8N2O2S. The van der Waals surface area contributed by atoms with Crippen LogP contribution in [-0.2, 0) is 0 Å². The molecule has 2 rings (SSSR count). The Morgan fingerprint density at radius 2 is 2.50 bits per heavy atom. The maximum atomic E-state index is 11.4. The summed E-state index contributed by atoms with van der Waals surface area (Å²) >= 11 is 1.33. The van der Waals surface area contributed by atoms with Gasteiger partial charge in [-0.3, -0.25) is 9.78 Å². The number of carbonyl (C=O) groups excluding carboxylic acids is 1. The van der Waals surface area contributed by atoms with Gasteiger partial charge < -0.3 is 10.0 Å². The van der Waals surface area contributed by atoms with Crippen LogP contribution in [0.25, 0.3) is 0 Å². The molecule has 12 heavy (non-hydrogen) atoms. The Morgan fingerprint density at radius 1 is 1.75 bits per heavy atom. The van der Waals surface area contributed by atoms with Crippen molar-refractivity contribution in [2.75, 3.05) is 13.1 Å². The van der Waals surface area contributed by atoms with Crippen LogP contribution in [-0.4, -0.2) is 40.1 Å². The Bertz CT molecular complexity index is 280. The molecule has 1 saturated heterocycles. The lowest BCUT2D eigenvalue weighted by Crippen LogP contribution is -2.53. The Morgan fingerprint density at radius 3 is 3.00 bits per heavy atom. The summed E-state index contributed by atoms with van der Waals surface area (Å²) in [5.41, 5.74) is 1.63. The molecular weight excluding hydrogens is 176 g/mol. The van der Waals surface area contributed by atoms with Crippen molar-refractivity contribution in [1.82, 2.24) is 9.88 Å². The van der Waals surface area contributed by atoms with Crippen LogP contribution in [0.2, 0.25) is 0 Å². The maximum Gasteiger partial charge on any atom is 0.265 e. The van der Waals surface area contributed by atoms with Crippen LogP contribution in [0.3, 0.4) is 0 Å². The molecule has 0 unspecified atom stereocenters. The minimum Gasteiger partial charge on any atom is -0.389 e. The van der Waals surface area contributed by atoms with Crippen LogP contribution >= 0.6 is 11.3 Å². The van der Waals surface area contributed by atoms with Crippen LogP contribution in [0.4, 0.5) is 0 Å². The Kier molecular flexibility index (Phi) is 1.82. The zero-order chi connectivity index (χ0) is 8.55. The number of amides is 1. The minimum atomic E-state index is -0.332. The van der Waals surface area contributed by atoms with Gasteiger partial charge in [0, 0.05) is 13.1 Å². The quantitative estimate of drug-likeness (QED) is 0.666.